The Bertz CT molecular complexity index is 584. The van der Waals surface area contributed by atoms with Crippen LogP contribution in [0.2, 0.25) is 0 Å². The smallest absolute Gasteiger partial charge is 0.223 e. The van der Waals surface area contributed by atoms with Crippen molar-refractivity contribution in [2.24, 2.45) is 5.41 Å². The van der Waals surface area contributed by atoms with Gasteiger partial charge in [0.05, 0.1) is 14.2 Å². The molecule has 0 atom stereocenters. The standard InChI is InChI=1S/C24H41NO3/c1-8-10-14-20(15-11-9-2)25(22(26)17-24(3,4)5)18-19-13-12-16-21(27-6)23(19)28-7/h12-13,16,20H,8-11,14-15,17-18H2,1-7H3. The summed E-state index contributed by atoms with van der Waals surface area (Å²) in [4.78, 5) is 15.4. The lowest BCUT2D eigenvalue weighted by molar-refractivity contribution is -0.136. The molecule has 0 aliphatic heterocycles. The third kappa shape index (κ3) is 7.73. The van der Waals surface area contributed by atoms with E-state index in [-0.39, 0.29) is 17.4 Å². The van der Waals surface area contributed by atoms with Crippen molar-refractivity contribution < 1.29 is 14.3 Å². The number of hydrogen-bond donors (Lipinski definition) is 0. The van der Waals surface area contributed by atoms with Gasteiger partial charge in [-0.2, -0.15) is 0 Å². The monoisotopic (exact) mass is 391 g/mol. The zero-order valence-corrected chi connectivity index (χ0v) is 19.1. The van der Waals surface area contributed by atoms with Gasteiger partial charge in [0.1, 0.15) is 0 Å². The number of para-hydroxylation sites is 1. The van der Waals surface area contributed by atoms with Gasteiger partial charge in [0, 0.05) is 24.6 Å². The number of ether oxygens (including phenoxy) is 2. The van der Waals surface area contributed by atoms with Gasteiger partial charge in [-0.1, -0.05) is 72.4 Å². The summed E-state index contributed by atoms with van der Waals surface area (Å²) in [6, 6.07) is 6.17. The van der Waals surface area contributed by atoms with Gasteiger partial charge >= 0.3 is 0 Å². The van der Waals surface area contributed by atoms with E-state index in [2.05, 4.69) is 39.5 Å². The molecular formula is C24H41NO3. The van der Waals surface area contributed by atoms with Crippen LogP contribution < -0.4 is 9.47 Å². The fourth-order valence-corrected chi connectivity index (χ4v) is 3.57. The molecular weight excluding hydrogens is 350 g/mol. The Hall–Kier alpha value is -1.71. The highest BCUT2D eigenvalue weighted by atomic mass is 16.5. The third-order valence-electron chi connectivity index (χ3n) is 5.05. The molecule has 0 unspecified atom stereocenters. The van der Waals surface area contributed by atoms with Crippen LogP contribution in [0.25, 0.3) is 0 Å². The normalized spacial score (nSPS) is 11.6. The van der Waals surface area contributed by atoms with Crippen molar-refractivity contribution in [3.63, 3.8) is 0 Å². The lowest BCUT2D eigenvalue weighted by Gasteiger charge is -2.35. The molecule has 0 N–H and O–H groups in total. The summed E-state index contributed by atoms with van der Waals surface area (Å²) in [6.07, 6.45) is 7.23. The number of nitrogens with zero attached hydrogens (tertiary/aromatic N) is 1. The molecule has 1 aromatic rings. The molecule has 1 amide bonds. The first-order valence-corrected chi connectivity index (χ1v) is 10.8. The van der Waals surface area contributed by atoms with Crippen LogP contribution >= 0.6 is 0 Å². The zero-order valence-electron chi connectivity index (χ0n) is 19.1. The summed E-state index contributed by atoms with van der Waals surface area (Å²) in [5.41, 5.74) is 0.968. The van der Waals surface area contributed by atoms with E-state index in [4.69, 9.17) is 9.47 Å². The molecule has 0 bridgehead atoms. The molecule has 0 heterocycles. The van der Waals surface area contributed by atoms with Crippen LogP contribution in [0.15, 0.2) is 18.2 Å². The molecule has 28 heavy (non-hydrogen) atoms. The summed E-state index contributed by atoms with van der Waals surface area (Å²) in [5, 5.41) is 0. The highest BCUT2D eigenvalue weighted by molar-refractivity contribution is 5.77. The van der Waals surface area contributed by atoms with E-state index < -0.39 is 0 Å². The summed E-state index contributed by atoms with van der Waals surface area (Å²) in [7, 11) is 3.31. The van der Waals surface area contributed by atoms with Crippen LogP contribution in [0.3, 0.4) is 0 Å². The predicted molar refractivity (Wildman–Crippen MR) is 117 cm³/mol. The number of carbonyl (C=O) groups excluding carboxylic acids is 1. The number of unbranched alkanes of at least 4 members (excludes halogenated alkanes) is 2. The average Bonchev–Trinajstić information content (AvgIpc) is 2.64. The first-order chi connectivity index (χ1) is 13.3. The molecule has 0 radical (unpaired) electrons. The Morgan fingerprint density at radius 1 is 1.04 bits per heavy atom. The Balaban J connectivity index is 3.23. The van der Waals surface area contributed by atoms with Gasteiger partial charge in [-0.25, -0.2) is 0 Å². The zero-order chi connectivity index (χ0) is 21.2. The number of rotatable bonds is 12. The van der Waals surface area contributed by atoms with E-state index in [0.29, 0.717) is 18.7 Å². The number of hydrogen-bond acceptors (Lipinski definition) is 3. The molecule has 0 saturated carbocycles. The lowest BCUT2D eigenvalue weighted by Crippen LogP contribution is -2.41. The van der Waals surface area contributed by atoms with Gasteiger partial charge in [-0.3, -0.25) is 4.79 Å². The van der Waals surface area contributed by atoms with Crippen LogP contribution in [-0.4, -0.2) is 31.1 Å². The molecule has 0 aromatic heterocycles. The summed E-state index contributed by atoms with van der Waals surface area (Å²) >= 11 is 0. The Morgan fingerprint density at radius 2 is 1.64 bits per heavy atom. The molecule has 4 nitrogen and oxygen atoms in total. The number of amides is 1. The van der Waals surface area contributed by atoms with E-state index in [1.54, 1.807) is 14.2 Å². The quantitative estimate of drug-likeness (QED) is 0.425. The minimum absolute atomic E-state index is 0.0339. The van der Waals surface area contributed by atoms with Crippen molar-refractivity contribution in [3.05, 3.63) is 23.8 Å². The topological polar surface area (TPSA) is 38.8 Å². The maximum absolute atomic E-state index is 13.3. The highest BCUT2D eigenvalue weighted by Gasteiger charge is 2.28. The SMILES string of the molecule is CCCCC(CCCC)N(Cc1cccc(OC)c1OC)C(=O)CC(C)(C)C. The van der Waals surface area contributed by atoms with Crippen LogP contribution in [0.1, 0.15) is 85.1 Å². The highest BCUT2D eigenvalue weighted by Crippen LogP contribution is 2.33. The van der Waals surface area contributed by atoms with Crippen molar-refractivity contribution in [2.75, 3.05) is 14.2 Å². The fraction of sp³-hybridized carbons (Fsp3) is 0.708. The molecule has 1 aromatic carbocycles. The van der Waals surface area contributed by atoms with Gasteiger partial charge < -0.3 is 14.4 Å². The molecule has 0 aliphatic carbocycles. The van der Waals surface area contributed by atoms with E-state index in [9.17, 15) is 4.79 Å². The van der Waals surface area contributed by atoms with E-state index in [1.807, 2.05) is 18.2 Å². The average molecular weight is 392 g/mol. The van der Waals surface area contributed by atoms with Gasteiger partial charge in [0.15, 0.2) is 11.5 Å². The molecule has 0 aliphatic rings. The van der Waals surface area contributed by atoms with E-state index in [1.165, 1.54) is 0 Å². The van der Waals surface area contributed by atoms with Gasteiger partial charge in [0.2, 0.25) is 5.91 Å². The maximum atomic E-state index is 13.3. The predicted octanol–water partition coefficient (Wildman–Crippen LogP) is 6.22. The molecule has 0 fully saturated rings. The third-order valence-corrected chi connectivity index (χ3v) is 5.05. The first-order valence-electron chi connectivity index (χ1n) is 10.8. The van der Waals surface area contributed by atoms with Gasteiger partial charge in [-0.15, -0.1) is 0 Å². The largest absolute Gasteiger partial charge is 0.493 e. The lowest BCUT2D eigenvalue weighted by atomic mass is 9.90. The second-order valence-electron chi connectivity index (χ2n) is 8.85. The minimum atomic E-state index is -0.0339. The summed E-state index contributed by atoms with van der Waals surface area (Å²) in [5.74, 6) is 1.67. The van der Waals surface area contributed by atoms with Crippen molar-refractivity contribution in [3.8, 4) is 11.5 Å². The number of carbonyl (C=O) groups is 1. The van der Waals surface area contributed by atoms with Crippen LogP contribution in [0, 0.1) is 5.41 Å². The molecule has 4 heteroatoms. The Morgan fingerprint density at radius 3 is 2.11 bits per heavy atom. The van der Waals surface area contributed by atoms with Crippen molar-refractivity contribution in [2.45, 2.75) is 92.2 Å². The molecule has 0 spiro atoms. The second kappa shape index (κ2) is 12.0. The van der Waals surface area contributed by atoms with Crippen molar-refractivity contribution >= 4 is 5.91 Å². The molecule has 0 saturated heterocycles. The molecule has 1 rings (SSSR count). The molecule has 160 valence electrons. The fourth-order valence-electron chi connectivity index (χ4n) is 3.57. The second-order valence-corrected chi connectivity index (χ2v) is 8.85. The van der Waals surface area contributed by atoms with E-state index >= 15 is 0 Å². The number of methoxy groups -OCH3 is 2. The Labute approximate surface area is 172 Å². The minimum Gasteiger partial charge on any atom is -0.493 e. The number of benzene rings is 1. The summed E-state index contributed by atoms with van der Waals surface area (Å²) < 4.78 is 11.1. The van der Waals surface area contributed by atoms with Gasteiger partial charge in [-0.05, 0) is 24.3 Å². The van der Waals surface area contributed by atoms with Crippen LogP contribution in [-0.2, 0) is 11.3 Å². The Kier molecular flexibility index (Phi) is 10.4. The van der Waals surface area contributed by atoms with Crippen molar-refractivity contribution in [1.29, 1.82) is 0 Å². The first kappa shape index (κ1) is 24.3. The van der Waals surface area contributed by atoms with E-state index in [0.717, 1.165) is 49.8 Å². The summed E-state index contributed by atoms with van der Waals surface area (Å²) in [6.45, 7) is 11.4. The van der Waals surface area contributed by atoms with Gasteiger partial charge in [0.25, 0.3) is 0 Å². The van der Waals surface area contributed by atoms with Crippen LogP contribution in [0.5, 0.6) is 11.5 Å². The maximum Gasteiger partial charge on any atom is 0.223 e. The van der Waals surface area contributed by atoms with Crippen molar-refractivity contribution in [1.82, 2.24) is 4.90 Å². The van der Waals surface area contributed by atoms with Crippen LogP contribution in [0.4, 0.5) is 0 Å².